The summed E-state index contributed by atoms with van der Waals surface area (Å²) >= 11 is 0. The molecule has 0 radical (unpaired) electrons. The van der Waals surface area contributed by atoms with Gasteiger partial charge in [0.25, 0.3) is 0 Å². The van der Waals surface area contributed by atoms with Crippen LogP contribution in [0.25, 0.3) is 98.8 Å². The summed E-state index contributed by atoms with van der Waals surface area (Å²) in [6.45, 7) is 0. The first-order valence-corrected chi connectivity index (χ1v) is 14.7. The van der Waals surface area contributed by atoms with Gasteiger partial charge in [-0.05, 0) is 64.4 Å². The van der Waals surface area contributed by atoms with Gasteiger partial charge in [0.2, 0.25) is 0 Å². The summed E-state index contributed by atoms with van der Waals surface area (Å²) in [6.07, 6.45) is 1.83. The van der Waals surface area contributed by atoms with E-state index >= 15 is 0 Å². The second-order valence-electron chi connectivity index (χ2n) is 11.3. The van der Waals surface area contributed by atoms with Crippen LogP contribution in [0.2, 0.25) is 0 Å². The SMILES string of the molecule is c1cnc2c(c1)ccc1ccc(-c3ccc(-c4ccc5oc6c(ccc7c8ccccc8oc76)c5c4)c4ccccc34)nc12. The van der Waals surface area contributed by atoms with Gasteiger partial charge in [0.1, 0.15) is 11.2 Å². The topological polar surface area (TPSA) is 52.1 Å². The molecule has 4 heterocycles. The van der Waals surface area contributed by atoms with Gasteiger partial charge in [-0.25, -0.2) is 4.98 Å². The molecule has 4 aromatic heterocycles. The lowest BCUT2D eigenvalue weighted by atomic mass is 9.93. The van der Waals surface area contributed by atoms with E-state index in [0.717, 1.165) is 87.9 Å². The van der Waals surface area contributed by atoms with Crippen LogP contribution in [-0.2, 0) is 0 Å². The Morgan fingerprint density at radius 2 is 1.09 bits per heavy atom. The number of rotatable bonds is 2. The highest BCUT2D eigenvalue weighted by atomic mass is 16.4. The van der Waals surface area contributed by atoms with E-state index in [1.807, 2.05) is 30.5 Å². The molecule has 4 nitrogen and oxygen atoms in total. The van der Waals surface area contributed by atoms with Gasteiger partial charge in [0.05, 0.1) is 16.7 Å². The average molecular weight is 563 g/mol. The van der Waals surface area contributed by atoms with Crippen molar-refractivity contribution in [1.82, 2.24) is 9.97 Å². The van der Waals surface area contributed by atoms with E-state index in [1.54, 1.807) is 0 Å². The van der Waals surface area contributed by atoms with Gasteiger partial charge < -0.3 is 8.83 Å². The summed E-state index contributed by atoms with van der Waals surface area (Å²) in [6, 6.07) is 44.4. The molecule has 0 fully saturated rings. The molecule has 204 valence electrons. The van der Waals surface area contributed by atoms with Gasteiger partial charge in [-0.15, -0.1) is 0 Å². The zero-order valence-corrected chi connectivity index (χ0v) is 23.4. The highest BCUT2D eigenvalue weighted by Gasteiger charge is 2.17. The van der Waals surface area contributed by atoms with Gasteiger partial charge in [-0.3, -0.25) is 4.98 Å². The Morgan fingerprint density at radius 1 is 0.432 bits per heavy atom. The summed E-state index contributed by atoms with van der Waals surface area (Å²) in [5, 5.41) is 8.80. The first-order valence-electron chi connectivity index (χ1n) is 14.7. The van der Waals surface area contributed by atoms with Gasteiger partial charge in [-0.2, -0.15) is 0 Å². The van der Waals surface area contributed by atoms with Crippen molar-refractivity contribution < 1.29 is 8.83 Å². The lowest BCUT2D eigenvalue weighted by Gasteiger charge is -2.13. The number of para-hydroxylation sites is 1. The zero-order chi connectivity index (χ0) is 28.8. The van der Waals surface area contributed by atoms with E-state index < -0.39 is 0 Å². The van der Waals surface area contributed by atoms with Crippen molar-refractivity contribution in [2.75, 3.05) is 0 Å². The van der Waals surface area contributed by atoms with Gasteiger partial charge in [-0.1, -0.05) is 84.9 Å². The predicted molar refractivity (Wildman–Crippen MR) is 180 cm³/mol. The molecule has 0 N–H and O–H groups in total. The molecular weight excluding hydrogens is 540 g/mol. The Morgan fingerprint density at radius 3 is 1.93 bits per heavy atom. The van der Waals surface area contributed by atoms with Crippen molar-refractivity contribution in [2.45, 2.75) is 0 Å². The number of pyridine rings is 2. The van der Waals surface area contributed by atoms with Gasteiger partial charge in [0.15, 0.2) is 11.2 Å². The number of benzene rings is 6. The number of furan rings is 2. The second-order valence-corrected chi connectivity index (χ2v) is 11.3. The van der Waals surface area contributed by atoms with Crippen LogP contribution in [0.5, 0.6) is 0 Å². The third kappa shape index (κ3) is 3.28. The summed E-state index contributed by atoms with van der Waals surface area (Å²) in [4.78, 5) is 9.80. The van der Waals surface area contributed by atoms with Crippen molar-refractivity contribution in [2.24, 2.45) is 0 Å². The molecule has 10 rings (SSSR count). The van der Waals surface area contributed by atoms with Crippen molar-refractivity contribution in [3.63, 3.8) is 0 Å². The van der Waals surface area contributed by atoms with E-state index in [4.69, 9.17) is 13.8 Å². The van der Waals surface area contributed by atoms with E-state index in [0.29, 0.717) is 0 Å². The molecule has 0 saturated carbocycles. The largest absolute Gasteiger partial charge is 0.452 e. The lowest BCUT2D eigenvalue weighted by Crippen LogP contribution is -1.91. The number of hydrogen-bond donors (Lipinski definition) is 0. The minimum absolute atomic E-state index is 0.787. The number of fused-ring (bicyclic) bond motifs is 11. The summed E-state index contributed by atoms with van der Waals surface area (Å²) < 4.78 is 12.7. The fourth-order valence-electron chi connectivity index (χ4n) is 6.83. The first-order chi connectivity index (χ1) is 21.8. The molecule has 0 bridgehead atoms. The molecule has 44 heavy (non-hydrogen) atoms. The van der Waals surface area contributed by atoms with Gasteiger partial charge >= 0.3 is 0 Å². The maximum absolute atomic E-state index is 6.41. The van der Waals surface area contributed by atoms with Crippen LogP contribution in [0, 0.1) is 0 Å². The molecular formula is C40H22N2O2. The summed E-state index contributed by atoms with van der Waals surface area (Å²) in [7, 11) is 0. The Kier molecular flexibility index (Phi) is 4.69. The maximum atomic E-state index is 6.41. The van der Waals surface area contributed by atoms with E-state index in [9.17, 15) is 0 Å². The molecule has 0 saturated heterocycles. The third-order valence-corrected chi connectivity index (χ3v) is 8.93. The van der Waals surface area contributed by atoms with Crippen molar-refractivity contribution in [3.8, 4) is 22.4 Å². The van der Waals surface area contributed by atoms with Crippen LogP contribution in [-0.4, -0.2) is 9.97 Å². The van der Waals surface area contributed by atoms with Crippen LogP contribution < -0.4 is 0 Å². The molecule has 0 spiro atoms. The van der Waals surface area contributed by atoms with E-state index in [2.05, 4.69) is 108 Å². The van der Waals surface area contributed by atoms with Gasteiger partial charge in [0, 0.05) is 44.1 Å². The van der Waals surface area contributed by atoms with E-state index in [1.165, 1.54) is 10.9 Å². The molecule has 6 aromatic carbocycles. The standard InChI is InChI=1S/C40H22N2O2/c1-2-8-28-27(7-1)26(15-16-29(28)34-19-13-24-12-11-23-6-5-21-41-37(23)38(24)42-34)25-14-20-36-33(22-25)32-18-17-31-30-9-3-4-10-35(30)43-39(31)40(32)44-36/h1-22H. The molecule has 0 aliphatic heterocycles. The van der Waals surface area contributed by atoms with Crippen molar-refractivity contribution >= 4 is 76.5 Å². The predicted octanol–water partition coefficient (Wildman–Crippen LogP) is 11.1. The molecule has 0 aliphatic carbocycles. The zero-order valence-electron chi connectivity index (χ0n) is 23.4. The van der Waals surface area contributed by atoms with Crippen molar-refractivity contribution in [3.05, 3.63) is 134 Å². The third-order valence-electron chi connectivity index (χ3n) is 8.93. The Labute approximate surface area is 250 Å². The van der Waals surface area contributed by atoms with Crippen LogP contribution in [0.4, 0.5) is 0 Å². The van der Waals surface area contributed by atoms with E-state index in [-0.39, 0.29) is 0 Å². The second kappa shape index (κ2) is 8.76. The smallest absolute Gasteiger partial charge is 0.178 e. The normalized spacial score (nSPS) is 12.1. The Bertz CT molecular complexity index is 2790. The monoisotopic (exact) mass is 562 g/mol. The van der Waals surface area contributed by atoms with Crippen molar-refractivity contribution in [1.29, 1.82) is 0 Å². The highest BCUT2D eigenvalue weighted by Crippen LogP contribution is 2.41. The highest BCUT2D eigenvalue weighted by molar-refractivity contribution is 6.19. The Hall–Kier alpha value is -6.00. The van der Waals surface area contributed by atoms with Crippen LogP contribution in [0.3, 0.4) is 0 Å². The quantitative estimate of drug-likeness (QED) is 0.197. The number of aromatic nitrogens is 2. The number of hydrogen-bond acceptors (Lipinski definition) is 4. The minimum atomic E-state index is 0.787. The number of nitrogens with zero attached hydrogens (tertiary/aromatic N) is 2. The minimum Gasteiger partial charge on any atom is -0.452 e. The molecule has 0 amide bonds. The molecule has 0 unspecified atom stereocenters. The lowest BCUT2D eigenvalue weighted by molar-refractivity contribution is 0.633. The van der Waals surface area contributed by atoms with Crippen LogP contribution in [0.1, 0.15) is 0 Å². The summed E-state index contributed by atoms with van der Waals surface area (Å²) in [5.41, 5.74) is 9.47. The fraction of sp³-hybridized carbons (Fsp3) is 0. The average Bonchev–Trinajstić information content (AvgIpc) is 3.66. The molecule has 10 aromatic rings. The Balaban J connectivity index is 1.16. The maximum Gasteiger partial charge on any atom is 0.178 e. The summed E-state index contributed by atoms with van der Waals surface area (Å²) in [5.74, 6) is 0. The first kappa shape index (κ1) is 23.6. The fourth-order valence-corrected chi connectivity index (χ4v) is 6.83. The molecule has 4 heteroatoms. The molecule has 0 aliphatic rings. The molecule has 0 atom stereocenters. The van der Waals surface area contributed by atoms with Crippen LogP contribution in [0.15, 0.2) is 142 Å². The van der Waals surface area contributed by atoms with Crippen LogP contribution >= 0.6 is 0 Å².